The fraction of sp³-hybridized carbons (Fsp3) is 0.588. The number of amides is 1. The van der Waals surface area contributed by atoms with Crippen molar-refractivity contribution in [2.75, 3.05) is 13.1 Å². The third-order valence-electron chi connectivity index (χ3n) is 4.36. The van der Waals surface area contributed by atoms with E-state index in [0.717, 1.165) is 12.0 Å². The van der Waals surface area contributed by atoms with E-state index in [0.29, 0.717) is 13.1 Å². The minimum absolute atomic E-state index is 0.0309. The van der Waals surface area contributed by atoms with Crippen molar-refractivity contribution in [3.8, 4) is 0 Å². The molecule has 4 nitrogen and oxygen atoms in total. The van der Waals surface area contributed by atoms with Crippen LogP contribution in [0.25, 0.3) is 0 Å². The molecule has 1 amide bonds. The topological polar surface area (TPSA) is 55.6 Å². The predicted molar refractivity (Wildman–Crippen MR) is 83.7 cm³/mol. The van der Waals surface area contributed by atoms with Gasteiger partial charge >= 0.3 is 0 Å². The summed E-state index contributed by atoms with van der Waals surface area (Å²) in [4.78, 5) is 14.3. The summed E-state index contributed by atoms with van der Waals surface area (Å²) in [5.41, 5.74) is 6.95. The monoisotopic (exact) mass is 308 g/mol. The van der Waals surface area contributed by atoms with Gasteiger partial charge in [-0.25, -0.2) is 4.39 Å². The summed E-state index contributed by atoms with van der Waals surface area (Å²) in [5.74, 6) is -0.161. The fourth-order valence-corrected chi connectivity index (χ4v) is 2.70. The Bertz CT molecular complexity index is 506. The first kappa shape index (κ1) is 16.9. The van der Waals surface area contributed by atoms with Crippen molar-refractivity contribution >= 4 is 5.91 Å². The van der Waals surface area contributed by atoms with Gasteiger partial charge in [0, 0.05) is 6.54 Å². The second-order valence-corrected chi connectivity index (χ2v) is 6.14. The van der Waals surface area contributed by atoms with Gasteiger partial charge in [0.1, 0.15) is 11.9 Å². The molecule has 4 unspecified atom stereocenters. The number of carbonyl (C=O) groups is 1. The van der Waals surface area contributed by atoms with Gasteiger partial charge in [-0.15, -0.1) is 0 Å². The second kappa shape index (κ2) is 7.20. The zero-order valence-corrected chi connectivity index (χ0v) is 13.5. The molecule has 0 aromatic heterocycles. The van der Waals surface area contributed by atoms with Crippen molar-refractivity contribution in [2.24, 2.45) is 11.7 Å². The number of rotatable bonds is 4. The highest BCUT2D eigenvalue weighted by molar-refractivity contribution is 5.82. The summed E-state index contributed by atoms with van der Waals surface area (Å²) in [7, 11) is 0. The Morgan fingerprint density at radius 1 is 1.41 bits per heavy atom. The van der Waals surface area contributed by atoms with E-state index in [1.165, 1.54) is 12.1 Å². The summed E-state index contributed by atoms with van der Waals surface area (Å²) in [6.07, 6.45) is 0.558. The molecule has 22 heavy (non-hydrogen) atoms. The summed E-state index contributed by atoms with van der Waals surface area (Å²) in [6, 6.07) is 5.75. The molecule has 1 aliphatic heterocycles. The summed E-state index contributed by atoms with van der Waals surface area (Å²) >= 11 is 0. The standard InChI is InChI=1S/C17H25FN2O2/c1-4-11(2)16(19)17(21)20-9-12(3)22-15(10-20)13-5-7-14(18)8-6-13/h5-8,11-12,15-16H,4,9-10,19H2,1-3H3. The molecule has 0 aliphatic carbocycles. The number of hydrogen-bond donors (Lipinski definition) is 1. The molecule has 0 saturated carbocycles. The first-order valence-corrected chi connectivity index (χ1v) is 7.87. The van der Waals surface area contributed by atoms with Crippen molar-refractivity contribution in [3.63, 3.8) is 0 Å². The maximum absolute atomic E-state index is 13.0. The van der Waals surface area contributed by atoms with Crippen LogP contribution in [-0.2, 0) is 9.53 Å². The Balaban J connectivity index is 2.10. The average molecular weight is 308 g/mol. The van der Waals surface area contributed by atoms with Gasteiger partial charge in [0.15, 0.2) is 0 Å². The van der Waals surface area contributed by atoms with Gasteiger partial charge in [0.25, 0.3) is 0 Å². The number of nitrogens with two attached hydrogens (primary N) is 1. The van der Waals surface area contributed by atoms with Crippen molar-refractivity contribution in [2.45, 2.75) is 45.4 Å². The largest absolute Gasteiger partial charge is 0.367 e. The van der Waals surface area contributed by atoms with Gasteiger partial charge in [-0.2, -0.15) is 0 Å². The molecule has 1 heterocycles. The number of ether oxygens (including phenoxy) is 1. The van der Waals surface area contributed by atoms with E-state index in [1.807, 2.05) is 20.8 Å². The van der Waals surface area contributed by atoms with Crippen LogP contribution in [0.1, 0.15) is 38.9 Å². The molecule has 1 aromatic rings. The summed E-state index contributed by atoms with van der Waals surface area (Å²) < 4.78 is 18.9. The van der Waals surface area contributed by atoms with Gasteiger partial charge in [0.05, 0.1) is 18.7 Å². The number of morpholine rings is 1. The smallest absolute Gasteiger partial charge is 0.239 e. The highest BCUT2D eigenvalue weighted by Gasteiger charge is 2.32. The highest BCUT2D eigenvalue weighted by atomic mass is 19.1. The molecular formula is C17H25FN2O2. The van der Waals surface area contributed by atoms with Gasteiger partial charge in [-0.1, -0.05) is 32.4 Å². The lowest BCUT2D eigenvalue weighted by Gasteiger charge is -2.38. The molecule has 5 heteroatoms. The molecule has 4 atom stereocenters. The Hall–Kier alpha value is -1.46. The number of nitrogens with zero attached hydrogens (tertiary/aromatic N) is 1. The molecule has 0 bridgehead atoms. The summed E-state index contributed by atoms with van der Waals surface area (Å²) in [5, 5.41) is 0. The van der Waals surface area contributed by atoms with Crippen molar-refractivity contribution < 1.29 is 13.9 Å². The Morgan fingerprint density at radius 2 is 2.05 bits per heavy atom. The fourth-order valence-electron chi connectivity index (χ4n) is 2.70. The van der Waals surface area contributed by atoms with Crippen molar-refractivity contribution in [1.29, 1.82) is 0 Å². The van der Waals surface area contributed by atoms with Crippen molar-refractivity contribution in [1.82, 2.24) is 4.90 Å². The molecule has 1 aromatic carbocycles. The van der Waals surface area contributed by atoms with Gasteiger partial charge in [0.2, 0.25) is 5.91 Å². The molecule has 1 saturated heterocycles. The minimum Gasteiger partial charge on any atom is -0.367 e. The van der Waals surface area contributed by atoms with Gasteiger partial charge < -0.3 is 15.4 Å². The predicted octanol–water partition coefficient (Wildman–Crippen LogP) is 2.49. The van der Waals surface area contributed by atoms with Crippen LogP contribution in [0, 0.1) is 11.7 Å². The van der Waals surface area contributed by atoms with Crippen LogP contribution < -0.4 is 5.73 Å². The zero-order chi connectivity index (χ0) is 16.3. The zero-order valence-electron chi connectivity index (χ0n) is 13.5. The Morgan fingerprint density at radius 3 is 2.64 bits per heavy atom. The van der Waals surface area contributed by atoms with Gasteiger partial charge in [-0.3, -0.25) is 4.79 Å². The van der Waals surface area contributed by atoms with E-state index in [-0.39, 0.29) is 29.9 Å². The number of halogens is 1. The van der Waals surface area contributed by atoms with E-state index in [9.17, 15) is 9.18 Å². The van der Waals surface area contributed by atoms with Crippen LogP contribution >= 0.6 is 0 Å². The Kier molecular flexibility index (Phi) is 5.53. The van der Waals surface area contributed by atoms with Crippen LogP contribution in [0.4, 0.5) is 4.39 Å². The van der Waals surface area contributed by atoms with Crippen LogP contribution in [-0.4, -0.2) is 36.0 Å². The highest BCUT2D eigenvalue weighted by Crippen LogP contribution is 2.26. The van der Waals surface area contributed by atoms with Gasteiger partial charge in [-0.05, 0) is 30.5 Å². The average Bonchev–Trinajstić information content (AvgIpc) is 2.52. The second-order valence-electron chi connectivity index (χ2n) is 6.14. The first-order chi connectivity index (χ1) is 10.4. The molecule has 122 valence electrons. The van der Waals surface area contributed by atoms with E-state index in [2.05, 4.69) is 0 Å². The third kappa shape index (κ3) is 3.84. The lowest BCUT2D eigenvalue weighted by atomic mass is 9.98. The lowest BCUT2D eigenvalue weighted by molar-refractivity contribution is -0.147. The molecular weight excluding hydrogens is 283 g/mol. The molecule has 0 spiro atoms. The number of benzene rings is 1. The van der Waals surface area contributed by atoms with Crippen LogP contribution in [0.15, 0.2) is 24.3 Å². The maximum atomic E-state index is 13.0. The minimum atomic E-state index is -0.482. The van der Waals surface area contributed by atoms with Crippen LogP contribution in [0.5, 0.6) is 0 Å². The molecule has 2 N–H and O–H groups in total. The van der Waals surface area contributed by atoms with E-state index < -0.39 is 6.04 Å². The van der Waals surface area contributed by atoms with E-state index in [4.69, 9.17) is 10.5 Å². The van der Waals surface area contributed by atoms with E-state index in [1.54, 1.807) is 17.0 Å². The summed E-state index contributed by atoms with van der Waals surface area (Å²) in [6.45, 7) is 6.95. The normalized spacial score (nSPS) is 24.9. The number of carbonyl (C=O) groups excluding carboxylic acids is 1. The molecule has 1 aliphatic rings. The Labute approximate surface area is 131 Å². The molecule has 1 fully saturated rings. The number of hydrogen-bond acceptors (Lipinski definition) is 3. The lowest BCUT2D eigenvalue weighted by Crippen LogP contribution is -2.53. The van der Waals surface area contributed by atoms with Crippen molar-refractivity contribution in [3.05, 3.63) is 35.6 Å². The van der Waals surface area contributed by atoms with Crippen LogP contribution in [0.3, 0.4) is 0 Å². The SMILES string of the molecule is CCC(C)C(N)C(=O)N1CC(C)OC(c2ccc(F)cc2)C1. The first-order valence-electron chi connectivity index (χ1n) is 7.87. The maximum Gasteiger partial charge on any atom is 0.239 e. The quantitative estimate of drug-likeness (QED) is 0.930. The molecule has 0 radical (unpaired) electrons. The van der Waals surface area contributed by atoms with Crippen LogP contribution in [0.2, 0.25) is 0 Å². The van der Waals surface area contributed by atoms with E-state index >= 15 is 0 Å². The third-order valence-corrected chi connectivity index (χ3v) is 4.36. The molecule has 2 rings (SSSR count).